The van der Waals surface area contributed by atoms with E-state index in [0.717, 1.165) is 5.56 Å². The summed E-state index contributed by atoms with van der Waals surface area (Å²) in [4.78, 5) is 22.5. The molecule has 0 saturated heterocycles. The Labute approximate surface area is 112 Å². The minimum Gasteiger partial charge on any atom is -0.484 e. The third kappa shape index (κ3) is 6.42. The van der Waals surface area contributed by atoms with Crippen LogP contribution in [-0.2, 0) is 14.3 Å². The van der Waals surface area contributed by atoms with Crippen molar-refractivity contribution in [2.75, 3.05) is 19.8 Å². The standard InChI is InChI=1S/C13H18N2O4/c1-3-18-8-12(16)14-15-13(17)9-19-11-6-4-5-10(2)7-11/h4-7H,3,8-9H2,1-2H3,(H,14,16)(H,15,17). The van der Waals surface area contributed by atoms with Gasteiger partial charge in [-0.3, -0.25) is 20.4 Å². The molecular formula is C13H18N2O4. The van der Waals surface area contributed by atoms with Gasteiger partial charge in [0.25, 0.3) is 11.8 Å². The van der Waals surface area contributed by atoms with E-state index in [-0.39, 0.29) is 13.2 Å². The average Bonchev–Trinajstić information content (AvgIpc) is 2.40. The fourth-order valence-corrected chi connectivity index (χ4v) is 1.26. The number of ether oxygens (including phenoxy) is 2. The molecule has 0 aliphatic carbocycles. The van der Waals surface area contributed by atoms with E-state index in [9.17, 15) is 9.59 Å². The second-order valence-corrected chi connectivity index (χ2v) is 3.84. The molecule has 0 aromatic heterocycles. The van der Waals surface area contributed by atoms with Gasteiger partial charge in [0.15, 0.2) is 6.61 Å². The highest BCUT2D eigenvalue weighted by Gasteiger charge is 2.05. The van der Waals surface area contributed by atoms with Gasteiger partial charge in [-0.05, 0) is 31.5 Å². The van der Waals surface area contributed by atoms with E-state index in [1.165, 1.54) is 0 Å². The van der Waals surface area contributed by atoms with Crippen molar-refractivity contribution in [2.45, 2.75) is 13.8 Å². The van der Waals surface area contributed by atoms with E-state index < -0.39 is 11.8 Å². The summed E-state index contributed by atoms with van der Waals surface area (Å²) in [6.45, 7) is 3.90. The van der Waals surface area contributed by atoms with Crippen molar-refractivity contribution in [3.8, 4) is 5.75 Å². The van der Waals surface area contributed by atoms with Crippen molar-refractivity contribution in [1.29, 1.82) is 0 Å². The van der Waals surface area contributed by atoms with Gasteiger partial charge in [0.2, 0.25) is 0 Å². The number of hydrazine groups is 1. The highest BCUT2D eigenvalue weighted by Crippen LogP contribution is 2.11. The summed E-state index contributed by atoms with van der Waals surface area (Å²) >= 11 is 0. The maximum Gasteiger partial charge on any atom is 0.276 e. The van der Waals surface area contributed by atoms with Crippen LogP contribution in [0.2, 0.25) is 0 Å². The van der Waals surface area contributed by atoms with Crippen LogP contribution in [0.15, 0.2) is 24.3 Å². The van der Waals surface area contributed by atoms with Gasteiger partial charge in [-0.25, -0.2) is 0 Å². The summed E-state index contributed by atoms with van der Waals surface area (Å²) in [6.07, 6.45) is 0. The van der Waals surface area contributed by atoms with Crippen LogP contribution >= 0.6 is 0 Å². The van der Waals surface area contributed by atoms with E-state index in [4.69, 9.17) is 9.47 Å². The molecule has 0 bridgehead atoms. The predicted molar refractivity (Wildman–Crippen MR) is 69.5 cm³/mol. The van der Waals surface area contributed by atoms with Crippen molar-refractivity contribution in [2.24, 2.45) is 0 Å². The van der Waals surface area contributed by atoms with Crippen LogP contribution in [0.4, 0.5) is 0 Å². The first-order chi connectivity index (χ1) is 9.11. The zero-order valence-electron chi connectivity index (χ0n) is 11.1. The van der Waals surface area contributed by atoms with Gasteiger partial charge >= 0.3 is 0 Å². The third-order valence-corrected chi connectivity index (χ3v) is 2.14. The molecule has 1 aromatic rings. The van der Waals surface area contributed by atoms with Crippen molar-refractivity contribution in [3.05, 3.63) is 29.8 Å². The Morgan fingerprint density at radius 1 is 1.16 bits per heavy atom. The smallest absolute Gasteiger partial charge is 0.276 e. The van der Waals surface area contributed by atoms with Crippen LogP contribution in [0.25, 0.3) is 0 Å². The number of aryl methyl sites for hydroxylation is 1. The molecule has 0 heterocycles. The maximum atomic E-state index is 11.4. The summed E-state index contributed by atoms with van der Waals surface area (Å²) < 4.78 is 10.1. The van der Waals surface area contributed by atoms with Crippen molar-refractivity contribution >= 4 is 11.8 Å². The lowest BCUT2D eigenvalue weighted by atomic mass is 10.2. The van der Waals surface area contributed by atoms with Gasteiger partial charge in [0, 0.05) is 6.61 Å². The zero-order chi connectivity index (χ0) is 14.1. The van der Waals surface area contributed by atoms with Crippen molar-refractivity contribution in [1.82, 2.24) is 10.9 Å². The summed E-state index contributed by atoms with van der Waals surface area (Å²) in [5.74, 6) is -0.243. The molecule has 0 saturated carbocycles. The van der Waals surface area contributed by atoms with Crippen LogP contribution in [-0.4, -0.2) is 31.6 Å². The highest BCUT2D eigenvalue weighted by atomic mass is 16.5. The molecule has 0 aliphatic rings. The molecule has 1 rings (SSSR count). The monoisotopic (exact) mass is 266 g/mol. The first-order valence-corrected chi connectivity index (χ1v) is 5.96. The predicted octanol–water partition coefficient (Wildman–Crippen LogP) is 0.558. The molecule has 0 fully saturated rings. The lowest BCUT2D eigenvalue weighted by Gasteiger charge is -2.09. The van der Waals surface area contributed by atoms with Crippen LogP contribution in [0.5, 0.6) is 5.75 Å². The zero-order valence-corrected chi connectivity index (χ0v) is 11.1. The van der Waals surface area contributed by atoms with E-state index in [0.29, 0.717) is 12.4 Å². The Balaban J connectivity index is 2.23. The van der Waals surface area contributed by atoms with E-state index >= 15 is 0 Å². The molecule has 0 aliphatic heterocycles. The number of nitrogens with one attached hydrogen (secondary N) is 2. The Bertz CT molecular complexity index is 434. The Hall–Kier alpha value is -2.08. The van der Waals surface area contributed by atoms with Gasteiger partial charge in [-0.1, -0.05) is 12.1 Å². The van der Waals surface area contributed by atoms with Crippen molar-refractivity contribution < 1.29 is 19.1 Å². The second-order valence-electron chi connectivity index (χ2n) is 3.84. The molecule has 19 heavy (non-hydrogen) atoms. The van der Waals surface area contributed by atoms with E-state index in [2.05, 4.69) is 10.9 Å². The molecule has 2 amide bonds. The minimum absolute atomic E-state index is 0.0878. The molecule has 0 atom stereocenters. The highest BCUT2D eigenvalue weighted by molar-refractivity contribution is 5.83. The molecule has 0 spiro atoms. The molecular weight excluding hydrogens is 248 g/mol. The molecule has 0 radical (unpaired) electrons. The summed E-state index contributed by atoms with van der Waals surface area (Å²) in [6, 6.07) is 7.35. The average molecular weight is 266 g/mol. The molecule has 6 nitrogen and oxygen atoms in total. The molecule has 0 unspecified atom stereocenters. The van der Waals surface area contributed by atoms with Crippen LogP contribution < -0.4 is 15.6 Å². The second kappa shape index (κ2) is 8.10. The largest absolute Gasteiger partial charge is 0.484 e. The fraction of sp³-hybridized carbons (Fsp3) is 0.385. The van der Waals surface area contributed by atoms with Crippen LogP contribution in [0.3, 0.4) is 0 Å². The van der Waals surface area contributed by atoms with Gasteiger partial charge in [-0.2, -0.15) is 0 Å². The van der Waals surface area contributed by atoms with Gasteiger partial charge in [0.05, 0.1) is 0 Å². The maximum absolute atomic E-state index is 11.4. The molecule has 1 aromatic carbocycles. The Kier molecular flexibility index (Phi) is 6.38. The quantitative estimate of drug-likeness (QED) is 0.738. The van der Waals surface area contributed by atoms with Gasteiger partial charge < -0.3 is 9.47 Å². The molecule has 6 heteroatoms. The number of hydrogen-bond acceptors (Lipinski definition) is 4. The van der Waals surface area contributed by atoms with Crippen LogP contribution in [0, 0.1) is 6.92 Å². The summed E-state index contributed by atoms with van der Waals surface area (Å²) in [7, 11) is 0. The first kappa shape index (κ1) is 15.0. The SMILES string of the molecule is CCOCC(=O)NNC(=O)COc1cccc(C)c1. The lowest BCUT2D eigenvalue weighted by Crippen LogP contribution is -2.45. The number of carbonyl (C=O) groups excluding carboxylic acids is 2. The summed E-state index contributed by atoms with van der Waals surface area (Å²) in [5, 5.41) is 0. The number of rotatable bonds is 6. The number of amides is 2. The van der Waals surface area contributed by atoms with Gasteiger partial charge in [-0.15, -0.1) is 0 Å². The Morgan fingerprint density at radius 3 is 2.47 bits per heavy atom. The third-order valence-electron chi connectivity index (χ3n) is 2.14. The topological polar surface area (TPSA) is 76.7 Å². The number of benzene rings is 1. The Morgan fingerprint density at radius 2 is 1.84 bits per heavy atom. The molecule has 2 N–H and O–H groups in total. The van der Waals surface area contributed by atoms with Gasteiger partial charge in [0.1, 0.15) is 12.4 Å². The minimum atomic E-state index is -0.439. The molecule has 104 valence electrons. The van der Waals surface area contributed by atoms with Crippen LogP contribution in [0.1, 0.15) is 12.5 Å². The number of hydrogen-bond donors (Lipinski definition) is 2. The van der Waals surface area contributed by atoms with E-state index in [1.807, 2.05) is 25.1 Å². The first-order valence-electron chi connectivity index (χ1n) is 5.96. The number of carbonyl (C=O) groups is 2. The van der Waals surface area contributed by atoms with Crippen molar-refractivity contribution in [3.63, 3.8) is 0 Å². The fourth-order valence-electron chi connectivity index (χ4n) is 1.26. The summed E-state index contributed by atoms with van der Waals surface area (Å²) in [5.41, 5.74) is 5.50. The lowest BCUT2D eigenvalue weighted by molar-refractivity contribution is -0.132. The normalized spacial score (nSPS) is 9.79. The van der Waals surface area contributed by atoms with E-state index in [1.54, 1.807) is 13.0 Å².